The predicted molar refractivity (Wildman–Crippen MR) is 543 cm³/mol. The Morgan fingerprint density at radius 1 is 0.413 bits per heavy atom. The van der Waals surface area contributed by atoms with E-state index in [2.05, 4.69) is 181 Å². The molecule has 138 heavy (non-hydrogen) atoms. The molecule has 9 aromatic carbocycles. The molecule has 29 nitrogen and oxygen atoms in total. The van der Waals surface area contributed by atoms with E-state index in [0.29, 0.717) is 47.1 Å². The Morgan fingerprint density at radius 3 is 1.28 bits per heavy atom. The second-order valence-corrected chi connectivity index (χ2v) is 35.0. The first-order valence-electron chi connectivity index (χ1n) is 46.4. The Kier molecular flexibility index (Phi) is 35.2. The van der Waals surface area contributed by atoms with Crippen LogP contribution in [0.25, 0.3) is 16.7 Å². The Balaban J connectivity index is 0.000000126. The molecule has 0 saturated carbocycles. The standard InChI is InChI=1S/C29H26N4O2.C18H19N3O.C16H18N4O2.C16H20N4.C12H11BO3.C11H16N2.C5H3ClN2O2/c34-29-32(23-11-13-26(14-12-23)35-25-9-5-2-6-10-25)28-19-30-17-15-27(28)33(29)24-16-18-31(21-24)20-22-7-3-1-4-8-22;22-18-10-15-11-19-8-6-17(15)21(18)16-7-9-20(13-16)12-14-4-2-1-3-5-14;21-20(22)16-10-17-8-6-15(16)18-14-7-9-19(12-14)11-13-4-2-1-3-5-13;17-15-10-18-8-6-16(15)19-14-7-9-20(12-14)11-13-4-2-1-3-5-13;14-13(15)10-6-8-12(9-7-10)16-11-4-2-1-3-5-11;12-11-6-7-13(9-11)8-10-4-2-1-3-5-10;6-4-1-2-7-3-5(4)8(9)10/h1-15,17,19,24H,16,18,20-21H2;1-6,8,11,16H,7,9-10,12-13H2;1-6,8,10,14H,7,9,11-12H2,(H,17,18);1-6,8,10,14H,7,9,11-12,17H2,(H,18,19);1-9,14-15H;1-5,11H,6-9,12H2;1-3H/t24-;16-;2*14-;;11-;/m1111.1./s1. The van der Waals surface area contributed by atoms with Gasteiger partial charge in [0.25, 0.3) is 0 Å². The average molecular weight is 1870 g/mol. The number of nitrogens with two attached hydrogens (primary N) is 2. The minimum Gasteiger partial charge on any atom is -0.457 e. The number of nitrogens with zero attached hydrogens (tertiary/aromatic N) is 15. The van der Waals surface area contributed by atoms with Crippen LogP contribution in [0.5, 0.6) is 23.0 Å². The van der Waals surface area contributed by atoms with Crippen molar-refractivity contribution < 1.29 is 34.2 Å². The molecule has 0 bridgehead atoms. The molecule has 6 aliphatic heterocycles. The predicted octanol–water partition coefficient (Wildman–Crippen LogP) is 16.7. The van der Waals surface area contributed by atoms with E-state index in [0.717, 1.165) is 187 Å². The van der Waals surface area contributed by atoms with Crippen molar-refractivity contribution in [2.75, 3.05) is 86.7 Å². The summed E-state index contributed by atoms with van der Waals surface area (Å²) in [5.74, 6) is 3.13. The van der Waals surface area contributed by atoms with Crippen molar-refractivity contribution in [1.82, 2.24) is 58.6 Å². The van der Waals surface area contributed by atoms with Crippen molar-refractivity contribution in [2.45, 2.75) is 101 Å². The molecular formula is C107H113BClN19O10. The number of ether oxygens (including phenoxy) is 2. The van der Waals surface area contributed by atoms with Gasteiger partial charge in [0, 0.05) is 159 Å². The van der Waals surface area contributed by atoms with Crippen LogP contribution in [-0.2, 0) is 43.9 Å². The number of fused-ring (bicyclic) bond motifs is 2. The van der Waals surface area contributed by atoms with E-state index >= 15 is 0 Å². The first-order valence-corrected chi connectivity index (χ1v) is 46.8. The van der Waals surface area contributed by atoms with Gasteiger partial charge in [0.1, 0.15) is 46.1 Å². The average Bonchev–Trinajstić information content (AvgIpc) is 1.59. The number of likely N-dealkylation sites (tertiary alicyclic amines) is 5. The third kappa shape index (κ3) is 28.2. The number of hydrogen-bond acceptors (Lipinski definition) is 24. The number of hydrogen-bond donors (Lipinski definition) is 6. The van der Waals surface area contributed by atoms with Crippen LogP contribution in [0.1, 0.15) is 71.5 Å². The van der Waals surface area contributed by atoms with E-state index in [1.165, 1.54) is 46.3 Å². The number of nitrogen functional groups attached to an aromatic ring is 1. The molecule has 0 aliphatic carbocycles. The second kappa shape index (κ2) is 49.7. The number of pyridine rings is 5. The third-order valence-corrected chi connectivity index (χ3v) is 24.8. The number of halogens is 1. The Hall–Kier alpha value is -14.7. The Labute approximate surface area is 808 Å². The summed E-state index contributed by atoms with van der Waals surface area (Å²) in [6, 6.07) is 96.3. The maximum Gasteiger partial charge on any atom is 0.488 e. The number of nitrogens with one attached hydrogen (secondary N) is 2. The zero-order chi connectivity index (χ0) is 95.7. The van der Waals surface area contributed by atoms with Crippen molar-refractivity contribution in [1.29, 1.82) is 0 Å². The third-order valence-electron chi connectivity index (χ3n) is 24.5. The van der Waals surface area contributed by atoms with Crippen LogP contribution in [0.2, 0.25) is 5.02 Å². The van der Waals surface area contributed by atoms with Gasteiger partial charge in [-0.2, -0.15) is 0 Å². The number of anilines is 4. The molecule has 21 rings (SSSR count). The number of benzene rings is 9. The largest absolute Gasteiger partial charge is 0.488 e. The van der Waals surface area contributed by atoms with Crippen molar-refractivity contribution >= 4 is 75.2 Å². The fourth-order valence-corrected chi connectivity index (χ4v) is 17.9. The zero-order valence-corrected chi connectivity index (χ0v) is 77.5. The van der Waals surface area contributed by atoms with Gasteiger partial charge in [-0.25, -0.2) is 4.79 Å². The molecule has 706 valence electrons. The van der Waals surface area contributed by atoms with E-state index < -0.39 is 17.0 Å². The van der Waals surface area contributed by atoms with Gasteiger partial charge < -0.3 is 46.5 Å². The number of amides is 1. The molecule has 8 N–H and O–H groups in total. The Morgan fingerprint density at radius 2 is 0.804 bits per heavy atom. The van der Waals surface area contributed by atoms with Gasteiger partial charge in [-0.05, 0) is 156 Å². The molecule has 0 unspecified atom stereocenters. The van der Waals surface area contributed by atoms with Crippen LogP contribution in [-0.4, -0.2) is 181 Å². The molecular weight excluding hydrogens is 1760 g/mol. The van der Waals surface area contributed by atoms with Crippen LogP contribution in [0.3, 0.4) is 0 Å². The fourth-order valence-electron chi connectivity index (χ4n) is 17.7. The van der Waals surface area contributed by atoms with E-state index in [9.17, 15) is 29.8 Å². The monoisotopic (exact) mass is 1870 g/mol. The number of nitro groups is 2. The quantitative estimate of drug-likeness (QED) is 0.0186. The van der Waals surface area contributed by atoms with Gasteiger partial charge in [-0.1, -0.05) is 212 Å². The normalized spacial score (nSPS) is 17.2. The van der Waals surface area contributed by atoms with Crippen LogP contribution in [0.4, 0.5) is 34.1 Å². The van der Waals surface area contributed by atoms with Crippen molar-refractivity contribution in [3.05, 3.63) is 422 Å². The minimum absolute atomic E-state index is 0.0312. The summed E-state index contributed by atoms with van der Waals surface area (Å²) in [5, 5.41) is 45.9. The molecule has 5 atom stereocenters. The van der Waals surface area contributed by atoms with Crippen LogP contribution in [0, 0.1) is 20.2 Å². The smallest absolute Gasteiger partial charge is 0.457 e. The SMILES string of the molecule is N[C@@H]1CCN(Cc2ccccc2)C1.Nc1cnccc1N[C@@H]1CCN(Cc2ccccc2)C1.O=C1Cc2cnccc2N1[C@@H]1CCN(Cc2ccccc2)C1.O=[N+]([O-])c1cnccc1Cl.O=[N+]([O-])c1cnccc1N[C@@H]1CCN(Cc2ccccc2)C1.O=c1n(-c2ccc(Oc3ccccc3)cc2)c2cnccc2n1[C@@H]1CCN(Cc2ccccc2)C1.OB(O)c1ccc(Oc2ccccc2)cc1. The lowest BCUT2D eigenvalue weighted by Crippen LogP contribution is -2.39. The fraction of sp³-hybridized carbons (Fsp3) is 0.243. The molecule has 6 aliphatic rings. The van der Waals surface area contributed by atoms with Gasteiger partial charge in [0.2, 0.25) is 5.91 Å². The van der Waals surface area contributed by atoms with E-state index in [1.807, 2.05) is 149 Å². The van der Waals surface area contributed by atoms with Gasteiger partial charge in [0.15, 0.2) is 0 Å². The molecule has 1 amide bonds. The minimum atomic E-state index is -1.44. The van der Waals surface area contributed by atoms with E-state index in [1.54, 1.807) is 72.1 Å². The summed E-state index contributed by atoms with van der Waals surface area (Å²) >= 11 is 5.44. The lowest BCUT2D eigenvalue weighted by atomic mass is 9.80. The number of carbonyl (C=O) groups excluding carboxylic acids is 1. The van der Waals surface area contributed by atoms with Gasteiger partial charge >= 0.3 is 24.2 Å². The highest BCUT2D eigenvalue weighted by Gasteiger charge is 2.37. The maximum absolute atomic E-state index is 13.8. The van der Waals surface area contributed by atoms with Crippen molar-refractivity contribution in [3.63, 3.8) is 0 Å². The zero-order valence-electron chi connectivity index (χ0n) is 76.7. The maximum atomic E-state index is 13.8. The number of para-hydroxylation sites is 2. The highest BCUT2D eigenvalue weighted by atomic mass is 35.5. The van der Waals surface area contributed by atoms with Crippen LogP contribution >= 0.6 is 11.6 Å². The van der Waals surface area contributed by atoms with Crippen molar-refractivity contribution in [3.8, 4) is 28.7 Å². The first-order chi connectivity index (χ1) is 67.4. The summed E-state index contributed by atoms with van der Waals surface area (Å²) in [4.78, 5) is 80.2. The molecule has 0 spiro atoms. The highest BCUT2D eigenvalue weighted by molar-refractivity contribution is 6.58. The lowest BCUT2D eigenvalue weighted by Gasteiger charge is -2.25. The first kappa shape index (κ1) is 97.8. The van der Waals surface area contributed by atoms with E-state index in [-0.39, 0.29) is 40.1 Å². The number of imidazole rings is 1. The number of carbonyl (C=O) groups is 1. The summed E-state index contributed by atoms with van der Waals surface area (Å²) in [6.07, 6.45) is 21.7. The summed E-state index contributed by atoms with van der Waals surface area (Å²) in [6.45, 7) is 14.9. The molecule has 5 fully saturated rings. The number of aromatic nitrogens is 7. The molecule has 31 heteroatoms. The van der Waals surface area contributed by atoms with Gasteiger partial charge in [-0.3, -0.25) is 83.6 Å². The second-order valence-electron chi connectivity index (χ2n) is 34.6. The summed E-state index contributed by atoms with van der Waals surface area (Å²) in [7, 11) is -1.44. The van der Waals surface area contributed by atoms with E-state index in [4.69, 9.17) is 42.6 Å². The molecule has 0 radical (unpaired) electrons. The molecule has 15 aromatic rings. The Bertz CT molecular complexity index is 6410. The van der Waals surface area contributed by atoms with Gasteiger partial charge in [0.05, 0.1) is 74.5 Å². The number of rotatable bonds is 24. The summed E-state index contributed by atoms with van der Waals surface area (Å²) < 4.78 is 15.2. The summed E-state index contributed by atoms with van der Waals surface area (Å²) in [5.41, 5.74) is 25.6. The van der Waals surface area contributed by atoms with Crippen LogP contribution in [0.15, 0.2) is 358 Å². The topological polar surface area (TPSA) is 349 Å². The van der Waals surface area contributed by atoms with Crippen LogP contribution < -0.4 is 47.6 Å². The molecule has 12 heterocycles. The van der Waals surface area contributed by atoms with Gasteiger partial charge in [-0.15, -0.1) is 0 Å². The molecule has 5 saturated heterocycles. The van der Waals surface area contributed by atoms with Crippen molar-refractivity contribution in [2.24, 2.45) is 5.73 Å². The lowest BCUT2D eigenvalue weighted by molar-refractivity contribution is -0.385. The highest BCUT2D eigenvalue weighted by Crippen LogP contribution is 2.35. The molecule has 6 aromatic heterocycles.